The minimum atomic E-state index is -0.360. The summed E-state index contributed by atoms with van der Waals surface area (Å²) in [6.07, 6.45) is 0. The van der Waals surface area contributed by atoms with Crippen molar-refractivity contribution >= 4 is 22.6 Å². The normalized spacial score (nSPS) is 10.3. The van der Waals surface area contributed by atoms with Crippen molar-refractivity contribution < 1.29 is 9.50 Å². The number of benzene rings is 1. The molecule has 0 aromatic heterocycles. The molecule has 0 fully saturated rings. The van der Waals surface area contributed by atoms with Gasteiger partial charge in [0.1, 0.15) is 5.82 Å². The van der Waals surface area contributed by atoms with E-state index in [1.807, 2.05) is 22.6 Å². The Morgan fingerprint density at radius 3 is 2.50 bits per heavy atom. The number of aliphatic hydroxyl groups is 1. The molecule has 0 saturated heterocycles. The molecule has 0 spiro atoms. The lowest BCUT2D eigenvalue weighted by Gasteiger charge is -2.05. The van der Waals surface area contributed by atoms with Gasteiger partial charge in [0, 0.05) is 12.1 Å². The fraction of sp³-hybridized carbons (Fsp3) is 0.250. The first-order valence-corrected chi connectivity index (χ1v) is 4.55. The van der Waals surface area contributed by atoms with Crippen LogP contribution in [0.3, 0.4) is 0 Å². The zero-order valence-corrected chi connectivity index (χ0v) is 8.51. The third-order valence-electron chi connectivity index (χ3n) is 1.63. The number of aliphatic hydroxyl groups excluding tert-OH is 1. The van der Waals surface area contributed by atoms with Crippen molar-refractivity contribution in [1.82, 2.24) is 0 Å². The summed E-state index contributed by atoms with van der Waals surface area (Å²) in [5, 5.41) is 8.73. The molecule has 0 aliphatic heterocycles. The summed E-state index contributed by atoms with van der Waals surface area (Å²) in [6, 6.07) is 3.29. The van der Waals surface area contributed by atoms with E-state index in [1.54, 1.807) is 12.1 Å². The molecule has 0 aliphatic carbocycles. The van der Waals surface area contributed by atoms with Crippen molar-refractivity contribution in [2.24, 2.45) is 5.73 Å². The molecule has 0 saturated carbocycles. The Bertz CT molecular complexity index is 262. The van der Waals surface area contributed by atoms with E-state index in [1.165, 1.54) is 0 Å². The lowest BCUT2D eigenvalue weighted by atomic mass is 10.1. The van der Waals surface area contributed by atoms with Gasteiger partial charge in [0.15, 0.2) is 0 Å². The van der Waals surface area contributed by atoms with Gasteiger partial charge in [-0.3, -0.25) is 0 Å². The van der Waals surface area contributed by atoms with E-state index >= 15 is 0 Å². The van der Waals surface area contributed by atoms with Gasteiger partial charge in [-0.2, -0.15) is 0 Å². The molecule has 66 valence electrons. The first kappa shape index (κ1) is 9.88. The Morgan fingerprint density at radius 2 is 2.00 bits per heavy atom. The van der Waals surface area contributed by atoms with Crippen molar-refractivity contribution in [3.05, 3.63) is 32.6 Å². The maximum absolute atomic E-state index is 13.2. The minimum absolute atomic E-state index is 0.271. The van der Waals surface area contributed by atoms with Crippen molar-refractivity contribution in [3.8, 4) is 0 Å². The molecule has 1 aromatic rings. The van der Waals surface area contributed by atoms with Crippen molar-refractivity contribution in [1.29, 1.82) is 0 Å². The number of halogens is 2. The summed E-state index contributed by atoms with van der Waals surface area (Å²) in [4.78, 5) is 0. The predicted octanol–water partition coefficient (Wildman–Crippen LogP) is 1.38. The lowest BCUT2D eigenvalue weighted by molar-refractivity contribution is 0.275. The second-order valence-corrected chi connectivity index (χ2v) is 3.45. The Morgan fingerprint density at radius 1 is 1.42 bits per heavy atom. The summed E-state index contributed by atoms with van der Waals surface area (Å²) >= 11 is 1.89. The van der Waals surface area contributed by atoms with Gasteiger partial charge in [-0.15, -0.1) is 0 Å². The summed E-state index contributed by atoms with van der Waals surface area (Å²) in [5.74, 6) is -0.360. The van der Waals surface area contributed by atoms with Gasteiger partial charge in [0.05, 0.1) is 10.2 Å². The Kier molecular flexibility index (Phi) is 3.42. The highest BCUT2D eigenvalue weighted by Gasteiger charge is 2.08. The Balaban J connectivity index is 3.20. The van der Waals surface area contributed by atoms with Gasteiger partial charge in [-0.1, -0.05) is 12.1 Å². The zero-order valence-electron chi connectivity index (χ0n) is 6.35. The second-order valence-electron chi connectivity index (χ2n) is 2.37. The third-order valence-corrected chi connectivity index (χ3v) is 2.80. The summed E-state index contributed by atoms with van der Waals surface area (Å²) in [5.41, 5.74) is 6.46. The van der Waals surface area contributed by atoms with E-state index in [4.69, 9.17) is 10.8 Å². The van der Waals surface area contributed by atoms with Crippen LogP contribution in [0.4, 0.5) is 4.39 Å². The van der Waals surface area contributed by atoms with E-state index in [-0.39, 0.29) is 12.4 Å². The fourth-order valence-corrected chi connectivity index (χ4v) is 1.66. The molecule has 4 heteroatoms. The average Bonchev–Trinajstić information content (AvgIpc) is 2.10. The van der Waals surface area contributed by atoms with E-state index in [0.29, 0.717) is 15.7 Å². The molecule has 1 aromatic carbocycles. The third kappa shape index (κ3) is 1.75. The van der Waals surface area contributed by atoms with Crippen LogP contribution in [0.15, 0.2) is 12.1 Å². The lowest BCUT2D eigenvalue weighted by Crippen LogP contribution is -2.03. The molecule has 3 N–H and O–H groups in total. The SMILES string of the molecule is NCc1ccc(CO)c(F)c1I. The second kappa shape index (κ2) is 4.15. The van der Waals surface area contributed by atoms with Gasteiger partial charge < -0.3 is 10.8 Å². The molecule has 0 bridgehead atoms. The summed E-state index contributed by atoms with van der Waals surface area (Å²) in [7, 11) is 0. The molecular weight excluding hydrogens is 272 g/mol. The first-order valence-electron chi connectivity index (χ1n) is 3.47. The van der Waals surface area contributed by atoms with Crippen LogP contribution in [0.1, 0.15) is 11.1 Å². The summed E-state index contributed by atoms with van der Waals surface area (Å²) < 4.78 is 13.7. The van der Waals surface area contributed by atoms with Gasteiger partial charge in [0.25, 0.3) is 0 Å². The van der Waals surface area contributed by atoms with Crippen molar-refractivity contribution in [2.75, 3.05) is 0 Å². The van der Waals surface area contributed by atoms with Gasteiger partial charge in [-0.25, -0.2) is 4.39 Å². The molecular formula is C8H9FINO. The van der Waals surface area contributed by atoms with Crippen molar-refractivity contribution in [3.63, 3.8) is 0 Å². The van der Waals surface area contributed by atoms with Gasteiger partial charge >= 0.3 is 0 Å². The van der Waals surface area contributed by atoms with E-state index < -0.39 is 0 Å². The molecule has 12 heavy (non-hydrogen) atoms. The highest BCUT2D eigenvalue weighted by molar-refractivity contribution is 14.1. The standard InChI is InChI=1S/C8H9FINO/c9-7-6(4-12)2-1-5(3-11)8(7)10/h1-2,12H,3-4,11H2. The van der Waals surface area contributed by atoms with Crippen LogP contribution in [-0.2, 0) is 13.2 Å². The quantitative estimate of drug-likeness (QED) is 0.804. The molecule has 2 nitrogen and oxygen atoms in total. The van der Waals surface area contributed by atoms with Crippen LogP contribution in [0.2, 0.25) is 0 Å². The van der Waals surface area contributed by atoms with Gasteiger partial charge in [0.2, 0.25) is 0 Å². The van der Waals surface area contributed by atoms with Crippen LogP contribution in [0, 0.1) is 9.39 Å². The highest BCUT2D eigenvalue weighted by Crippen LogP contribution is 2.19. The maximum Gasteiger partial charge on any atom is 0.142 e. The number of hydrogen-bond donors (Lipinski definition) is 2. The zero-order chi connectivity index (χ0) is 9.14. The highest BCUT2D eigenvalue weighted by atomic mass is 127. The molecule has 0 unspecified atom stereocenters. The van der Waals surface area contributed by atoms with E-state index in [9.17, 15) is 4.39 Å². The molecule has 0 atom stereocenters. The Labute approximate surface area is 83.7 Å². The number of rotatable bonds is 2. The average molecular weight is 281 g/mol. The van der Waals surface area contributed by atoms with Gasteiger partial charge in [-0.05, 0) is 28.2 Å². The minimum Gasteiger partial charge on any atom is -0.392 e. The monoisotopic (exact) mass is 281 g/mol. The number of hydrogen-bond acceptors (Lipinski definition) is 2. The summed E-state index contributed by atoms with van der Waals surface area (Å²) in [6.45, 7) is 0.0492. The predicted molar refractivity (Wildman–Crippen MR) is 52.9 cm³/mol. The van der Waals surface area contributed by atoms with Crippen LogP contribution >= 0.6 is 22.6 Å². The smallest absolute Gasteiger partial charge is 0.142 e. The van der Waals surface area contributed by atoms with Crippen LogP contribution in [-0.4, -0.2) is 5.11 Å². The number of nitrogens with two attached hydrogens (primary N) is 1. The molecule has 0 aliphatic rings. The molecule has 0 heterocycles. The van der Waals surface area contributed by atoms with Crippen LogP contribution in [0.25, 0.3) is 0 Å². The van der Waals surface area contributed by atoms with Crippen LogP contribution in [0.5, 0.6) is 0 Å². The molecule has 0 radical (unpaired) electrons. The maximum atomic E-state index is 13.2. The largest absolute Gasteiger partial charge is 0.392 e. The van der Waals surface area contributed by atoms with Crippen LogP contribution < -0.4 is 5.73 Å². The molecule has 0 amide bonds. The first-order chi connectivity index (χ1) is 5.70. The fourth-order valence-electron chi connectivity index (χ4n) is 0.909. The van der Waals surface area contributed by atoms with E-state index in [2.05, 4.69) is 0 Å². The topological polar surface area (TPSA) is 46.2 Å². The molecule has 1 rings (SSSR count). The Hall–Kier alpha value is -0.200. The van der Waals surface area contributed by atoms with Crippen molar-refractivity contribution in [2.45, 2.75) is 13.2 Å². The van der Waals surface area contributed by atoms with E-state index in [0.717, 1.165) is 5.56 Å².